The molecule has 8 heteroatoms. The lowest BCUT2D eigenvalue weighted by Crippen LogP contribution is -2.34. The van der Waals surface area contributed by atoms with E-state index in [4.69, 9.17) is 4.52 Å². The van der Waals surface area contributed by atoms with E-state index in [0.29, 0.717) is 24.0 Å². The lowest BCUT2D eigenvalue weighted by molar-refractivity contribution is 0.0977. The molecule has 0 aliphatic heterocycles. The van der Waals surface area contributed by atoms with Gasteiger partial charge in [0.25, 0.3) is 5.91 Å². The lowest BCUT2D eigenvalue weighted by Gasteiger charge is -2.19. The van der Waals surface area contributed by atoms with Crippen LogP contribution in [-0.2, 0) is 6.54 Å². The van der Waals surface area contributed by atoms with Gasteiger partial charge in [-0.25, -0.2) is 4.98 Å². The Bertz CT molecular complexity index is 1080. The van der Waals surface area contributed by atoms with E-state index in [2.05, 4.69) is 15.2 Å². The summed E-state index contributed by atoms with van der Waals surface area (Å²) in [6.07, 6.45) is 0. The minimum Gasteiger partial charge on any atom is -0.361 e. The number of fused-ring (bicyclic) bond motifs is 1. The summed E-state index contributed by atoms with van der Waals surface area (Å²) in [5, 5.41) is 9.01. The van der Waals surface area contributed by atoms with Crippen LogP contribution in [0.4, 0.5) is 5.13 Å². The van der Waals surface area contributed by atoms with Crippen molar-refractivity contribution in [2.24, 2.45) is 0 Å². The van der Waals surface area contributed by atoms with Crippen LogP contribution in [0.2, 0.25) is 0 Å². The Labute approximate surface area is 160 Å². The summed E-state index contributed by atoms with van der Waals surface area (Å²) in [4.78, 5) is 19.4. The molecule has 7 nitrogen and oxygen atoms in total. The van der Waals surface area contributed by atoms with Crippen molar-refractivity contribution in [1.82, 2.24) is 19.9 Å². The number of nitrogens with zero attached hydrogens (tertiary/aromatic N) is 5. The van der Waals surface area contributed by atoms with E-state index in [9.17, 15) is 4.79 Å². The SMILES string of the molecule is Cc1cc(C)n(CCN(C(=O)c2cc(C)on2)c2nc3ccccc3s2)n1. The molecule has 3 heterocycles. The molecule has 3 aromatic heterocycles. The zero-order valence-corrected chi connectivity index (χ0v) is 16.2. The second kappa shape index (κ2) is 6.96. The fourth-order valence-corrected chi connectivity index (χ4v) is 3.95. The molecule has 0 aliphatic carbocycles. The van der Waals surface area contributed by atoms with Crippen molar-refractivity contribution >= 4 is 32.6 Å². The van der Waals surface area contributed by atoms with E-state index < -0.39 is 0 Å². The van der Waals surface area contributed by atoms with Gasteiger partial charge in [-0.05, 0) is 39.0 Å². The maximum atomic E-state index is 13.1. The summed E-state index contributed by atoms with van der Waals surface area (Å²) in [7, 11) is 0. The van der Waals surface area contributed by atoms with Crippen LogP contribution < -0.4 is 4.90 Å². The van der Waals surface area contributed by atoms with Gasteiger partial charge in [-0.1, -0.05) is 28.6 Å². The van der Waals surface area contributed by atoms with Crippen LogP contribution >= 0.6 is 11.3 Å². The zero-order chi connectivity index (χ0) is 19.0. The molecule has 1 amide bonds. The fraction of sp³-hybridized carbons (Fsp3) is 0.263. The molecule has 27 heavy (non-hydrogen) atoms. The molecule has 0 saturated carbocycles. The first-order valence-corrected chi connectivity index (χ1v) is 9.45. The van der Waals surface area contributed by atoms with Gasteiger partial charge in [0.05, 0.1) is 22.5 Å². The van der Waals surface area contributed by atoms with Crippen LogP contribution in [0.5, 0.6) is 0 Å². The second-order valence-electron chi connectivity index (χ2n) is 6.39. The highest BCUT2D eigenvalue weighted by Gasteiger charge is 2.24. The fourth-order valence-electron chi connectivity index (χ4n) is 2.96. The second-order valence-corrected chi connectivity index (χ2v) is 7.40. The number of para-hydroxylation sites is 1. The molecule has 0 spiro atoms. The summed E-state index contributed by atoms with van der Waals surface area (Å²) < 4.78 is 8.02. The minimum absolute atomic E-state index is 0.229. The first-order chi connectivity index (χ1) is 13.0. The van der Waals surface area contributed by atoms with E-state index >= 15 is 0 Å². The number of aromatic nitrogens is 4. The standard InChI is InChI=1S/C19H19N5O2S/c1-12-10-13(2)24(21-12)9-8-23(18(25)16-11-14(3)26-22-16)19-20-15-6-4-5-7-17(15)27-19/h4-7,10-11H,8-9H2,1-3H3. The van der Waals surface area contributed by atoms with Crippen molar-refractivity contribution in [1.29, 1.82) is 0 Å². The molecule has 1 aromatic carbocycles. The summed E-state index contributed by atoms with van der Waals surface area (Å²) in [5.74, 6) is 0.369. The molecular formula is C19H19N5O2S. The van der Waals surface area contributed by atoms with Gasteiger partial charge in [0.1, 0.15) is 5.76 Å². The third kappa shape index (κ3) is 3.48. The monoisotopic (exact) mass is 381 g/mol. The van der Waals surface area contributed by atoms with Crippen molar-refractivity contribution in [2.45, 2.75) is 27.3 Å². The Morgan fingerprint density at radius 1 is 1.22 bits per heavy atom. The van der Waals surface area contributed by atoms with Crippen molar-refractivity contribution < 1.29 is 9.32 Å². The molecule has 4 aromatic rings. The van der Waals surface area contributed by atoms with Crippen LogP contribution in [0.1, 0.15) is 27.6 Å². The molecule has 0 atom stereocenters. The van der Waals surface area contributed by atoms with Gasteiger partial charge in [-0.2, -0.15) is 5.10 Å². The van der Waals surface area contributed by atoms with Crippen LogP contribution in [-0.4, -0.2) is 32.4 Å². The number of anilines is 1. The lowest BCUT2D eigenvalue weighted by atomic mass is 10.3. The third-order valence-electron chi connectivity index (χ3n) is 4.24. The minimum atomic E-state index is -0.229. The highest BCUT2D eigenvalue weighted by molar-refractivity contribution is 7.22. The first-order valence-electron chi connectivity index (χ1n) is 8.63. The van der Waals surface area contributed by atoms with Gasteiger partial charge < -0.3 is 4.52 Å². The number of thiazole rings is 1. The maximum Gasteiger partial charge on any atom is 0.282 e. The van der Waals surface area contributed by atoms with Gasteiger partial charge in [0.15, 0.2) is 10.8 Å². The maximum absolute atomic E-state index is 13.1. The number of benzene rings is 1. The van der Waals surface area contributed by atoms with Gasteiger partial charge in [0.2, 0.25) is 0 Å². The van der Waals surface area contributed by atoms with Crippen molar-refractivity contribution in [3.63, 3.8) is 0 Å². The number of amides is 1. The van der Waals surface area contributed by atoms with E-state index in [1.165, 1.54) is 11.3 Å². The molecule has 0 saturated heterocycles. The molecular weight excluding hydrogens is 362 g/mol. The molecule has 0 aliphatic rings. The summed E-state index contributed by atoms with van der Waals surface area (Å²) in [5.41, 5.74) is 3.16. The summed E-state index contributed by atoms with van der Waals surface area (Å²) >= 11 is 1.49. The number of carbonyl (C=O) groups excluding carboxylic acids is 1. The van der Waals surface area contributed by atoms with E-state index in [0.717, 1.165) is 21.6 Å². The quantitative estimate of drug-likeness (QED) is 0.526. The predicted molar refractivity (Wildman–Crippen MR) is 104 cm³/mol. The van der Waals surface area contributed by atoms with Crippen molar-refractivity contribution in [3.8, 4) is 0 Å². The third-order valence-corrected chi connectivity index (χ3v) is 5.30. The Balaban J connectivity index is 1.67. The highest BCUT2D eigenvalue weighted by Crippen LogP contribution is 2.29. The molecule has 0 N–H and O–H groups in total. The molecule has 0 fully saturated rings. The number of hydrogen-bond donors (Lipinski definition) is 0. The van der Waals surface area contributed by atoms with Gasteiger partial charge in [-0.15, -0.1) is 0 Å². The van der Waals surface area contributed by atoms with Gasteiger partial charge >= 0.3 is 0 Å². The number of hydrogen-bond acceptors (Lipinski definition) is 6. The Kier molecular flexibility index (Phi) is 4.49. The van der Waals surface area contributed by atoms with Crippen molar-refractivity contribution in [2.75, 3.05) is 11.4 Å². The zero-order valence-electron chi connectivity index (χ0n) is 15.3. The number of aryl methyl sites for hydroxylation is 3. The van der Waals surface area contributed by atoms with Crippen LogP contribution in [0.25, 0.3) is 10.2 Å². The highest BCUT2D eigenvalue weighted by atomic mass is 32.1. The summed E-state index contributed by atoms with van der Waals surface area (Å²) in [6, 6.07) is 11.5. The normalized spacial score (nSPS) is 11.2. The predicted octanol–water partition coefficient (Wildman–Crippen LogP) is 3.75. The largest absolute Gasteiger partial charge is 0.361 e. The van der Waals surface area contributed by atoms with E-state index in [-0.39, 0.29) is 11.6 Å². The van der Waals surface area contributed by atoms with Gasteiger partial charge in [0, 0.05) is 18.3 Å². The topological polar surface area (TPSA) is 77.0 Å². The van der Waals surface area contributed by atoms with Crippen LogP contribution in [0.3, 0.4) is 0 Å². The van der Waals surface area contributed by atoms with Gasteiger partial charge in [-0.3, -0.25) is 14.4 Å². The van der Waals surface area contributed by atoms with E-state index in [1.807, 2.05) is 48.9 Å². The number of carbonyl (C=O) groups is 1. The molecule has 138 valence electrons. The Hall–Kier alpha value is -3.00. The average Bonchev–Trinajstić information content (AvgIpc) is 3.33. The average molecular weight is 381 g/mol. The van der Waals surface area contributed by atoms with Crippen LogP contribution in [0, 0.1) is 20.8 Å². The molecule has 0 unspecified atom stereocenters. The molecule has 0 radical (unpaired) electrons. The number of rotatable bonds is 5. The first kappa shape index (κ1) is 17.4. The van der Waals surface area contributed by atoms with Crippen LogP contribution in [0.15, 0.2) is 40.9 Å². The molecule has 4 rings (SSSR count). The Morgan fingerprint density at radius 3 is 2.70 bits per heavy atom. The molecule has 0 bridgehead atoms. The Morgan fingerprint density at radius 2 is 2.04 bits per heavy atom. The van der Waals surface area contributed by atoms with E-state index in [1.54, 1.807) is 17.9 Å². The van der Waals surface area contributed by atoms with Crippen molar-refractivity contribution in [3.05, 3.63) is 59.2 Å². The smallest absolute Gasteiger partial charge is 0.282 e. The summed E-state index contributed by atoms with van der Waals surface area (Å²) in [6.45, 7) is 6.73.